The van der Waals surface area contributed by atoms with Crippen LogP contribution in [0.1, 0.15) is 53.4 Å². The number of hydrogen-bond donors (Lipinski definition) is 2. The van der Waals surface area contributed by atoms with E-state index in [-0.39, 0.29) is 6.09 Å². The zero-order valence-electron chi connectivity index (χ0n) is 13.9. The highest BCUT2D eigenvalue weighted by Gasteiger charge is 2.38. The Balaban J connectivity index is 1.51. The van der Waals surface area contributed by atoms with Crippen molar-refractivity contribution in [2.45, 2.75) is 77.1 Å². The SMILES string of the molecule is CC1CC(NCCCNC(=O)OC(C)(C)C)CN1C1CC1. The average Bonchev–Trinajstić information content (AvgIpc) is 3.11. The molecule has 1 saturated carbocycles. The number of carbonyl (C=O) groups excluding carboxylic acids is 1. The lowest BCUT2D eigenvalue weighted by Crippen LogP contribution is -2.36. The van der Waals surface area contributed by atoms with Crippen LogP contribution in [-0.4, -0.2) is 54.4 Å². The van der Waals surface area contributed by atoms with Gasteiger partial charge in [0.05, 0.1) is 0 Å². The Morgan fingerprint density at radius 3 is 2.62 bits per heavy atom. The summed E-state index contributed by atoms with van der Waals surface area (Å²) in [7, 11) is 0. The van der Waals surface area contributed by atoms with Gasteiger partial charge in [-0.2, -0.15) is 0 Å². The molecule has 2 rings (SSSR count). The van der Waals surface area contributed by atoms with E-state index in [0.717, 1.165) is 25.0 Å². The van der Waals surface area contributed by atoms with Crippen LogP contribution in [-0.2, 0) is 4.74 Å². The summed E-state index contributed by atoms with van der Waals surface area (Å²) in [5.41, 5.74) is -0.422. The van der Waals surface area contributed by atoms with Gasteiger partial charge in [-0.05, 0) is 59.9 Å². The molecule has 0 spiro atoms. The monoisotopic (exact) mass is 297 g/mol. The Morgan fingerprint density at radius 2 is 2.00 bits per heavy atom. The summed E-state index contributed by atoms with van der Waals surface area (Å²) in [5, 5.41) is 6.41. The third-order valence-corrected chi connectivity index (χ3v) is 4.09. The molecule has 1 aliphatic carbocycles. The first kappa shape index (κ1) is 16.6. The molecule has 2 atom stereocenters. The first-order valence-corrected chi connectivity index (χ1v) is 8.31. The number of amides is 1. The van der Waals surface area contributed by atoms with Gasteiger partial charge in [0.1, 0.15) is 5.60 Å². The number of hydrogen-bond acceptors (Lipinski definition) is 4. The minimum absolute atomic E-state index is 0.322. The molecule has 5 nitrogen and oxygen atoms in total. The van der Waals surface area contributed by atoms with Crippen LogP contribution in [0.4, 0.5) is 4.79 Å². The lowest BCUT2D eigenvalue weighted by Gasteiger charge is -2.20. The van der Waals surface area contributed by atoms with E-state index in [9.17, 15) is 4.79 Å². The summed E-state index contributed by atoms with van der Waals surface area (Å²) >= 11 is 0. The molecule has 5 heteroatoms. The molecular formula is C16H31N3O2. The summed E-state index contributed by atoms with van der Waals surface area (Å²) in [6.45, 7) is 10.8. The Kier molecular flexibility index (Phi) is 5.49. The maximum Gasteiger partial charge on any atom is 0.407 e. The predicted molar refractivity (Wildman–Crippen MR) is 84.5 cm³/mol. The molecule has 2 fully saturated rings. The van der Waals surface area contributed by atoms with Crippen LogP contribution >= 0.6 is 0 Å². The van der Waals surface area contributed by atoms with Crippen molar-refractivity contribution in [2.24, 2.45) is 0 Å². The molecule has 2 N–H and O–H groups in total. The van der Waals surface area contributed by atoms with Gasteiger partial charge in [0.25, 0.3) is 0 Å². The number of carbonyl (C=O) groups is 1. The summed E-state index contributed by atoms with van der Waals surface area (Å²) in [4.78, 5) is 14.1. The highest BCUT2D eigenvalue weighted by molar-refractivity contribution is 5.67. The predicted octanol–water partition coefficient (Wildman–Crippen LogP) is 2.12. The van der Waals surface area contributed by atoms with Crippen molar-refractivity contribution < 1.29 is 9.53 Å². The van der Waals surface area contributed by atoms with Crippen molar-refractivity contribution in [3.63, 3.8) is 0 Å². The Morgan fingerprint density at radius 1 is 1.29 bits per heavy atom. The van der Waals surface area contributed by atoms with E-state index < -0.39 is 5.60 Å². The minimum Gasteiger partial charge on any atom is -0.444 e. The fraction of sp³-hybridized carbons (Fsp3) is 0.938. The highest BCUT2D eigenvalue weighted by atomic mass is 16.6. The average molecular weight is 297 g/mol. The lowest BCUT2D eigenvalue weighted by molar-refractivity contribution is 0.0527. The molecule has 0 bridgehead atoms. The molecule has 1 heterocycles. The number of nitrogens with zero attached hydrogens (tertiary/aromatic N) is 1. The van der Waals surface area contributed by atoms with Crippen molar-refractivity contribution in [2.75, 3.05) is 19.6 Å². The van der Waals surface area contributed by atoms with Crippen molar-refractivity contribution in [3.05, 3.63) is 0 Å². The maximum atomic E-state index is 11.5. The zero-order valence-corrected chi connectivity index (χ0v) is 13.9. The fourth-order valence-corrected chi connectivity index (χ4v) is 3.02. The second kappa shape index (κ2) is 6.97. The molecule has 21 heavy (non-hydrogen) atoms. The van der Waals surface area contributed by atoms with E-state index >= 15 is 0 Å². The number of alkyl carbamates (subject to hydrolysis) is 1. The molecule has 2 unspecified atom stereocenters. The van der Waals surface area contributed by atoms with Crippen LogP contribution in [0.5, 0.6) is 0 Å². The standard InChI is InChI=1S/C16H31N3O2/c1-12-10-13(11-19(12)14-6-7-14)17-8-5-9-18-15(20)21-16(2,3)4/h12-14,17H,5-11H2,1-4H3,(H,18,20). The van der Waals surface area contributed by atoms with Crippen LogP contribution < -0.4 is 10.6 Å². The van der Waals surface area contributed by atoms with Gasteiger partial charge in [-0.3, -0.25) is 4.90 Å². The van der Waals surface area contributed by atoms with E-state index in [0.29, 0.717) is 12.6 Å². The van der Waals surface area contributed by atoms with Crippen LogP contribution in [0.25, 0.3) is 0 Å². The maximum absolute atomic E-state index is 11.5. The second-order valence-electron chi connectivity index (χ2n) is 7.45. The number of likely N-dealkylation sites (tertiary alicyclic amines) is 1. The quantitative estimate of drug-likeness (QED) is 0.737. The molecule has 1 amide bonds. The van der Waals surface area contributed by atoms with E-state index in [1.54, 1.807) is 0 Å². The Bertz CT molecular complexity index is 350. The summed E-state index contributed by atoms with van der Waals surface area (Å²) in [6.07, 6.45) is 4.63. The van der Waals surface area contributed by atoms with E-state index in [1.807, 2.05) is 20.8 Å². The van der Waals surface area contributed by atoms with E-state index in [1.165, 1.54) is 25.8 Å². The van der Waals surface area contributed by atoms with Crippen LogP contribution in [0.15, 0.2) is 0 Å². The molecule has 2 aliphatic rings. The highest BCUT2D eigenvalue weighted by Crippen LogP contribution is 2.33. The molecule has 122 valence electrons. The van der Waals surface area contributed by atoms with Gasteiger partial charge in [0.15, 0.2) is 0 Å². The van der Waals surface area contributed by atoms with Gasteiger partial charge in [0, 0.05) is 31.2 Å². The number of rotatable bonds is 6. The number of nitrogens with one attached hydrogen (secondary N) is 2. The van der Waals surface area contributed by atoms with Crippen LogP contribution in [0.3, 0.4) is 0 Å². The van der Waals surface area contributed by atoms with Gasteiger partial charge < -0.3 is 15.4 Å². The summed E-state index contributed by atoms with van der Waals surface area (Å²) < 4.78 is 5.20. The van der Waals surface area contributed by atoms with Crippen LogP contribution in [0, 0.1) is 0 Å². The first-order chi connectivity index (χ1) is 9.85. The third kappa shape index (κ3) is 5.83. The van der Waals surface area contributed by atoms with E-state index in [4.69, 9.17) is 4.74 Å². The van der Waals surface area contributed by atoms with Crippen molar-refractivity contribution >= 4 is 6.09 Å². The van der Waals surface area contributed by atoms with Gasteiger partial charge in [-0.15, -0.1) is 0 Å². The lowest BCUT2D eigenvalue weighted by atomic mass is 10.2. The number of ether oxygens (including phenoxy) is 1. The molecule has 1 aliphatic heterocycles. The summed E-state index contributed by atoms with van der Waals surface area (Å²) in [6, 6.07) is 2.19. The van der Waals surface area contributed by atoms with Crippen molar-refractivity contribution in [1.82, 2.24) is 15.5 Å². The molecule has 0 aromatic carbocycles. The van der Waals surface area contributed by atoms with E-state index in [2.05, 4.69) is 22.5 Å². The third-order valence-electron chi connectivity index (χ3n) is 4.09. The van der Waals surface area contributed by atoms with Gasteiger partial charge in [-0.25, -0.2) is 4.79 Å². The molecule has 1 saturated heterocycles. The zero-order chi connectivity index (χ0) is 15.5. The van der Waals surface area contributed by atoms with Gasteiger partial charge in [0.2, 0.25) is 0 Å². The van der Waals surface area contributed by atoms with Crippen molar-refractivity contribution in [3.8, 4) is 0 Å². The Labute approximate surface area is 128 Å². The topological polar surface area (TPSA) is 53.6 Å². The molecule has 0 radical (unpaired) electrons. The van der Waals surface area contributed by atoms with Crippen LogP contribution in [0.2, 0.25) is 0 Å². The normalized spacial score (nSPS) is 26.9. The van der Waals surface area contributed by atoms with Gasteiger partial charge >= 0.3 is 6.09 Å². The fourth-order valence-electron chi connectivity index (χ4n) is 3.02. The molecular weight excluding hydrogens is 266 g/mol. The molecule has 0 aromatic heterocycles. The molecule has 0 aromatic rings. The minimum atomic E-state index is -0.422. The first-order valence-electron chi connectivity index (χ1n) is 8.31. The van der Waals surface area contributed by atoms with Gasteiger partial charge in [-0.1, -0.05) is 0 Å². The summed E-state index contributed by atoms with van der Waals surface area (Å²) in [5.74, 6) is 0. The second-order valence-corrected chi connectivity index (χ2v) is 7.45. The smallest absolute Gasteiger partial charge is 0.407 e. The van der Waals surface area contributed by atoms with Crippen molar-refractivity contribution in [1.29, 1.82) is 0 Å². The Hall–Kier alpha value is -0.810. The largest absolute Gasteiger partial charge is 0.444 e.